The Morgan fingerprint density at radius 3 is 2.42 bits per heavy atom. The number of rotatable bonds is 11. The highest BCUT2D eigenvalue weighted by Gasteiger charge is 2.03. The molecule has 1 aromatic heterocycles. The molecule has 0 fully saturated rings. The van der Waals surface area contributed by atoms with Crippen molar-refractivity contribution in [3.63, 3.8) is 0 Å². The van der Waals surface area contributed by atoms with E-state index < -0.39 is 0 Å². The number of aromatic nitrogens is 1. The van der Waals surface area contributed by atoms with Gasteiger partial charge in [-0.1, -0.05) is 32.8 Å². The summed E-state index contributed by atoms with van der Waals surface area (Å²) in [4.78, 5) is 6.72. The van der Waals surface area contributed by atoms with E-state index in [1.54, 1.807) is 0 Å². The van der Waals surface area contributed by atoms with E-state index in [1.165, 1.54) is 44.3 Å². The lowest BCUT2D eigenvalue weighted by Gasteiger charge is -2.22. The molecule has 0 aliphatic heterocycles. The Hall–Kier alpha value is -0.930. The first-order valence-corrected chi connectivity index (χ1v) is 7.68. The number of unbranched alkanes of at least 4 members (excludes halogenated alkanes) is 2. The summed E-state index contributed by atoms with van der Waals surface area (Å²) in [6.45, 7) is 10.1. The Labute approximate surface area is 118 Å². The average Bonchev–Trinajstić information content (AvgIpc) is 2.46. The highest BCUT2D eigenvalue weighted by atomic mass is 15.1. The van der Waals surface area contributed by atoms with Gasteiger partial charge in [-0.3, -0.25) is 4.98 Å². The largest absolute Gasteiger partial charge is 0.311 e. The smallest absolute Gasteiger partial charge is 0.0312 e. The van der Waals surface area contributed by atoms with Gasteiger partial charge in [-0.25, -0.2) is 0 Å². The maximum Gasteiger partial charge on any atom is 0.0312 e. The summed E-state index contributed by atoms with van der Waals surface area (Å²) in [7, 11) is 0. The summed E-state index contributed by atoms with van der Waals surface area (Å²) in [5.74, 6) is 0. The minimum atomic E-state index is 0.920. The van der Waals surface area contributed by atoms with Crippen LogP contribution in [0.15, 0.2) is 24.5 Å². The van der Waals surface area contributed by atoms with Crippen LogP contribution in [0.3, 0.4) is 0 Å². The third-order valence-corrected chi connectivity index (χ3v) is 3.31. The second-order valence-corrected chi connectivity index (χ2v) is 5.09. The van der Waals surface area contributed by atoms with Crippen LogP contribution in [0, 0.1) is 0 Å². The van der Waals surface area contributed by atoms with E-state index in [0.29, 0.717) is 0 Å². The molecule has 0 atom stereocenters. The van der Waals surface area contributed by atoms with Gasteiger partial charge in [0.15, 0.2) is 0 Å². The quantitative estimate of drug-likeness (QED) is 0.622. The molecule has 0 aliphatic carbocycles. The summed E-state index contributed by atoms with van der Waals surface area (Å²) in [6, 6.07) is 4.11. The molecule has 0 aromatic carbocycles. The molecule has 0 saturated carbocycles. The van der Waals surface area contributed by atoms with Gasteiger partial charge >= 0.3 is 0 Å². The second-order valence-electron chi connectivity index (χ2n) is 5.09. The summed E-state index contributed by atoms with van der Waals surface area (Å²) in [5, 5.41) is 3.50. The number of hydrogen-bond donors (Lipinski definition) is 1. The van der Waals surface area contributed by atoms with E-state index in [1.807, 2.05) is 18.5 Å². The van der Waals surface area contributed by atoms with Crippen molar-refractivity contribution in [3.8, 4) is 0 Å². The minimum absolute atomic E-state index is 0.920. The SMILES string of the molecule is CCCCN(CCCC)CCNCc1cccnc1. The van der Waals surface area contributed by atoms with E-state index in [9.17, 15) is 0 Å². The van der Waals surface area contributed by atoms with E-state index >= 15 is 0 Å². The Balaban J connectivity index is 2.16. The van der Waals surface area contributed by atoms with Crippen molar-refractivity contribution in [3.05, 3.63) is 30.1 Å². The lowest BCUT2D eigenvalue weighted by molar-refractivity contribution is 0.264. The lowest BCUT2D eigenvalue weighted by atomic mass is 10.2. The van der Waals surface area contributed by atoms with E-state index in [0.717, 1.165) is 19.6 Å². The maximum atomic E-state index is 4.13. The fourth-order valence-corrected chi connectivity index (χ4v) is 2.07. The minimum Gasteiger partial charge on any atom is -0.311 e. The van der Waals surface area contributed by atoms with Gasteiger partial charge in [0, 0.05) is 32.0 Å². The first-order valence-electron chi connectivity index (χ1n) is 7.68. The molecule has 1 N–H and O–H groups in total. The zero-order valence-corrected chi connectivity index (χ0v) is 12.6. The van der Waals surface area contributed by atoms with E-state index in [2.05, 4.69) is 35.1 Å². The molecule has 1 rings (SSSR count). The third-order valence-electron chi connectivity index (χ3n) is 3.31. The summed E-state index contributed by atoms with van der Waals surface area (Å²) in [5.41, 5.74) is 1.26. The summed E-state index contributed by atoms with van der Waals surface area (Å²) >= 11 is 0. The predicted molar refractivity (Wildman–Crippen MR) is 82.2 cm³/mol. The van der Waals surface area contributed by atoms with Crippen molar-refractivity contribution in [1.82, 2.24) is 15.2 Å². The maximum absolute atomic E-state index is 4.13. The van der Waals surface area contributed by atoms with Gasteiger partial charge in [-0.05, 0) is 37.6 Å². The Kier molecular flexibility index (Phi) is 9.29. The van der Waals surface area contributed by atoms with Crippen molar-refractivity contribution in [2.45, 2.75) is 46.1 Å². The van der Waals surface area contributed by atoms with Crippen molar-refractivity contribution >= 4 is 0 Å². The van der Waals surface area contributed by atoms with Crippen molar-refractivity contribution in [2.75, 3.05) is 26.2 Å². The normalized spacial score (nSPS) is 11.1. The zero-order chi connectivity index (χ0) is 13.8. The number of pyridine rings is 1. The molecule has 1 aromatic rings. The molecular formula is C16H29N3. The average molecular weight is 263 g/mol. The molecule has 0 aliphatic rings. The summed E-state index contributed by atoms with van der Waals surface area (Å²) < 4.78 is 0. The molecule has 0 unspecified atom stereocenters. The lowest BCUT2D eigenvalue weighted by Crippen LogP contribution is -2.33. The standard InChI is InChI=1S/C16H29N3/c1-3-5-11-19(12-6-4-2)13-10-18-15-16-8-7-9-17-14-16/h7-9,14,18H,3-6,10-13,15H2,1-2H3. The number of nitrogens with zero attached hydrogens (tertiary/aromatic N) is 2. The number of nitrogens with one attached hydrogen (secondary N) is 1. The fourth-order valence-electron chi connectivity index (χ4n) is 2.07. The third kappa shape index (κ3) is 7.96. The Bertz CT molecular complexity index is 292. The Morgan fingerprint density at radius 1 is 1.11 bits per heavy atom. The number of hydrogen-bond acceptors (Lipinski definition) is 3. The first kappa shape index (κ1) is 16.1. The fraction of sp³-hybridized carbons (Fsp3) is 0.688. The monoisotopic (exact) mass is 263 g/mol. The predicted octanol–water partition coefficient (Wildman–Crippen LogP) is 3.07. The van der Waals surface area contributed by atoms with Crippen LogP contribution >= 0.6 is 0 Å². The molecule has 0 amide bonds. The van der Waals surface area contributed by atoms with E-state index in [4.69, 9.17) is 0 Å². The molecule has 0 spiro atoms. The van der Waals surface area contributed by atoms with Gasteiger partial charge in [0.2, 0.25) is 0 Å². The van der Waals surface area contributed by atoms with Crippen LogP contribution in [-0.4, -0.2) is 36.1 Å². The van der Waals surface area contributed by atoms with Crippen LogP contribution in [0.5, 0.6) is 0 Å². The second kappa shape index (κ2) is 10.9. The first-order chi connectivity index (χ1) is 9.36. The molecular weight excluding hydrogens is 234 g/mol. The van der Waals surface area contributed by atoms with E-state index in [-0.39, 0.29) is 0 Å². The van der Waals surface area contributed by atoms with Crippen LogP contribution in [0.4, 0.5) is 0 Å². The molecule has 0 saturated heterocycles. The highest BCUT2D eigenvalue weighted by molar-refractivity contribution is 5.07. The zero-order valence-electron chi connectivity index (χ0n) is 12.6. The molecule has 0 bridgehead atoms. The summed E-state index contributed by atoms with van der Waals surface area (Å²) in [6.07, 6.45) is 8.94. The van der Waals surface area contributed by atoms with Gasteiger partial charge < -0.3 is 10.2 Å². The molecule has 19 heavy (non-hydrogen) atoms. The van der Waals surface area contributed by atoms with Crippen LogP contribution in [0.25, 0.3) is 0 Å². The molecule has 1 heterocycles. The highest BCUT2D eigenvalue weighted by Crippen LogP contribution is 1.99. The van der Waals surface area contributed by atoms with Crippen LogP contribution in [0.1, 0.15) is 45.1 Å². The molecule has 3 heteroatoms. The van der Waals surface area contributed by atoms with Gasteiger partial charge in [-0.15, -0.1) is 0 Å². The van der Waals surface area contributed by atoms with Gasteiger partial charge in [-0.2, -0.15) is 0 Å². The van der Waals surface area contributed by atoms with Crippen LogP contribution < -0.4 is 5.32 Å². The van der Waals surface area contributed by atoms with Gasteiger partial charge in [0.1, 0.15) is 0 Å². The van der Waals surface area contributed by atoms with Crippen LogP contribution in [-0.2, 0) is 6.54 Å². The van der Waals surface area contributed by atoms with Crippen molar-refractivity contribution in [1.29, 1.82) is 0 Å². The van der Waals surface area contributed by atoms with Gasteiger partial charge in [0.05, 0.1) is 0 Å². The molecule has 108 valence electrons. The van der Waals surface area contributed by atoms with Crippen molar-refractivity contribution in [2.24, 2.45) is 0 Å². The molecule has 0 radical (unpaired) electrons. The van der Waals surface area contributed by atoms with Gasteiger partial charge in [0.25, 0.3) is 0 Å². The van der Waals surface area contributed by atoms with Crippen molar-refractivity contribution < 1.29 is 0 Å². The topological polar surface area (TPSA) is 28.2 Å². The molecule has 3 nitrogen and oxygen atoms in total. The Morgan fingerprint density at radius 2 is 1.84 bits per heavy atom. The van der Waals surface area contributed by atoms with Crippen LogP contribution in [0.2, 0.25) is 0 Å².